The Kier molecular flexibility index (Phi) is 5.91. The number of piperidine rings is 1. The molecule has 0 unspecified atom stereocenters. The van der Waals surface area contributed by atoms with Gasteiger partial charge in [0, 0.05) is 17.6 Å². The van der Waals surface area contributed by atoms with Crippen LogP contribution in [0.3, 0.4) is 0 Å². The fourth-order valence-electron chi connectivity index (χ4n) is 3.17. The van der Waals surface area contributed by atoms with E-state index in [0.717, 1.165) is 34.3 Å². The number of carbonyl (C=O) groups excluding carboxylic acids is 2. The van der Waals surface area contributed by atoms with Crippen LogP contribution in [0.4, 0.5) is 0 Å². The highest BCUT2D eigenvalue weighted by molar-refractivity contribution is 9.10. The molecule has 1 N–H and O–H groups in total. The third-order valence-electron chi connectivity index (χ3n) is 4.54. The first-order chi connectivity index (χ1) is 12.1. The van der Waals surface area contributed by atoms with Crippen molar-refractivity contribution in [2.45, 2.75) is 25.8 Å². The number of hydrogen-bond acceptors (Lipinski definition) is 3. The number of likely N-dealkylation sites (tertiary alicyclic amines) is 1. The largest absolute Gasteiger partial charge is 0.349 e. The third-order valence-corrected chi connectivity index (χ3v) is 6.12. The van der Waals surface area contributed by atoms with E-state index in [1.807, 2.05) is 53.6 Å². The Morgan fingerprint density at radius 2 is 2.08 bits per heavy atom. The minimum Gasteiger partial charge on any atom is -0.349 e. The number of benzene rings is 1. The van der Waals surface area contributed by atoms with Crippen LogP contribution in [0.5, 0.6) is 0 Å². The van der Waals surface area contributed by atoms with Gasteiger partial charge in [-0.2, -0.15) is 0 Å². The third kappa shape index (κ3) is 4.30. The topological polar surface area (TPSA) is 49.4 Å². The molecule has 3 rings (SSSR count). The van der Waals surface area contributed by atoms with Gasteiger partial charge in [0.05, 0.1) is 16.8 Å². The van der Waals surface area contributed by atoms with Gasteiger partial charge in [-0.15, -0.1) is 11.3 Å². The summed E-state index contributed by atoms with van der Waals surface area (Å²) in [5.74, 6) is -0.0964. The smallest absolute Gasteiger partial charge is 0.263 e. The van der Waals surface area contributed by atoms with Crippen LogP contribution in [0.15, 0.2) is 46.3 Å². The van der Waals surface area contributed by atoms with Gasteiger partial charge in [0.1, 0.15) is 0 Å². The normalized spacial score (nSPS) is 18.6. The number of nitrogens with one attached hydrogen (secondary N) is 1. The zero-order valence-electron chi connectivity index (χ0n) is 14.1. The van der Waals surface area contributed by atoms with Crippen molar-refractivity contribution in [3.05, 3.63) is 56.7 Å². The van der Waals surface area contributed by atoms with Crippen LogP contribution in [0.25, 0.3) is 0 Å². The zero-order valence-corrected chi connectivity index (χ0v) is 16.5. The Bertz CT molecular complexity index is 748. The first-order valence-electron chi connectivity index (χ1n) is 8.44. The molecule has 2 aromatic rings. The predicted molar refractivity (Wildman–Crippen MR) is 104 cm³/mol. The molecule has 1 aliphatic heterocycles. The molecule has 0 radical (unpaired) electrons. The molecule has 0 bridgehead atoms. The van der Waals surface area contributed by atoms with Crippen LogP contribution in [0.1, 0.15) is 41.0 Å². The van der Waals surface area contributed by atoms with Gasteiger partial charge in [-0.1, -0.05) is 40.2 Å². The van der Waals surface area contributed by atoms with Crippen molar-refractivity contribution < 1.29 is 9.59 Å². The number of hydrogen-bond donors (Lipinski definition) is 1. The molecule has 0 saturated carbocycles. The summed E-state index contributed by atoms with van der Waals surface area (Å²) in [6, 6.07) is 11.5. The van der Waals surface area contributed by atoms with Crippen LogP contribution < -0.4 is 5.32 Å². The Morgan fingerprint density at radius 1 is 1.28 bits per heavy atom. The molecule has 6 heteroatoms. The molecule has 1 aliphatic rings. The second-order valence-electron chi connectivity index (χ2n) is 6.32. The van der Waals surface area contributed by atoms with Crippen LogP contribution in [0, 0.1) is 5.92 Å². The van der Waals surface area contributed by atoms with Gasteiger partial charge in [-0.25, -0.2) is 0 Å². The summed E-state index contributed by atoms with van der Waals surface area (Å²) in [6.45, 7) is 3.20. The Balaban J connectivity index is 1.62. The van der Waals surface area contributed by atoms with Crippen molar-refractivity contribution in [1.82, 2.24) is 10.2 Å². The highest BCUT2D eigenvalue weighted by atomic mass is 79.9. The molecular formula is C19H21BrN2O2S. The summed E-state index contributed by atoms with van der Waals surface area (Å²) in [5.41, 5.74) is 1.05. The van der Waals surface area contributed by atoms with Crippen molar-refractivity contribution in [3.8, 4) is 0 Å². The van der Waals surface area contributed by atoms with Crippen molar-refractivity contribution in [1.29, 1.82) is 0 Å². The number of halogens is 1. The van der Waals surface area contributed by atoms with E-state index in [1.165, 1.54) is 11.3 Å². The molecule has 25 heavy (non-hydrogen) atoms. The lowest BCUT2D eigenvalue weighted by Crippen LogP contribution is -2.45. The second-order valence-corrected chi connectivity index (χ2v) is 8.12. The van der Waals surface area contributed by atoms with E-state index in [4.69, 9.17) is 0 Å². The molecule has 4 nitrogen and oxygen atoms in total. The van der Waals surface area contributed by atoms with Gasteiger partial charge >= 0.3 is 0 Å². The van der Waals surface area contributed by atoms with E-state index in [9.17, 15) is 9.59 Å². The van der Waals surface area contributed by atoms with Crippen LogP contribution in [-0.2, 0) is 4.79 Å². The molecule has 1 aromatic carbocycles. The molecule has 1 aromatic heterocycles. The number of nitrogens with zero attached hydrogens (tertiary/aromatic N) is 1. The van der Waals surface area contributed by atoms with Crippen molar-refractivity contribution in [2.24, 2.45) is 5.92 Å². The molecule has 2 atom stereocenters. The number of carbonyl (C=O) groups is 2. The summed E-state index contributed by atoms with van der Waals surface area (Å²) in [5, 5.41) is 5.00. The second kappa shape index (κ2) is 8.15. The first-order valence-corrected chi connectivity index (χ1v) is 10.1. The minimum atomic E-state index is -0.150. The van der Waals surface area contributed by atoms with Gasteiger partial charge < -0.3 is 10.2 Å². The average molecular weight is 421 g/mol. The summed E-state index contributed by atoms with van der Waals surface area (Å²) in [6.07, 6.45) is 1.68. The standard InChI is InChI=1S/C19H21BrN2O2S/c1-13(15-7-2-3-8-16(15)20)21-18(23)14-6-4-10-22(12-14)19(24)17-9-5-11-25-17/h2-3,5,7-9,11,13-14H,4,6,10,12H2,1H3,(H,21,23)/t13-,14+/m0/s1. The van der Waals surface area contributed by atoms with E-state index in [1.54, 1.807) is 0 Å². The molecule has 0 spiro atoms. The Morgan fingerprint density at radius 3 is 2.80 bits per heavy atom. The molecule has 0 aliphatic carbocycles. The van der Waals surface area contributed by atoms with Crippen LogP contribution in [-0.4, -0.2) is 29.8 Å². The monoisotopic (exact) mass is 420 g/mol. The summed E-state index contributed by atoms with van der Waals surface area (Å²) >= 11 is 4.98. The van der Waals surface area contributed by atoms with Gasteiger partial charge in [0.25, 0.3) is 5.91 Å². The van der Waals surface area contributed by atoms with E-state index < -0.39 is 0 Å². The van der Waals surface area contributed by atoms with Crippen molar-refractivity contribution >= 4 is 39.1 Å². The molecule has 132 valence electrons. The lowest BCUT2D eigenvalue weighted by Gasteiger charge is -2.32. The fourth-order valence-corrected chi connectivity index (χ4v) is 4.49. The lowest BCUT2D eigenvalue weighted by atomic mass is 9.96. The number of amides is 2. The number of thiophene rings is 1. The molecule has 1 fully saturated rings. The quantitative estimate of drug-likeness (QED) is 0.803. The molecule has 2 amide bonds. The fraction of sp³-hybridized carbons (Fsp3) is 0.368. The number of rotatable bonds is 4. The highest BCUT2D eigenvalue weighted by Crippen LogP contribution is 2.25. The first kappa shape index (κ1) is 18.1. The van der Waals surface area contributed by atoms with Gasteiger partial charge in [-0.05, 0) is 42.8 Å². The summed E-state index contributed by atoms with van der Waals surface area (Å²) in [4.78, 5) is 27.7. The van der Waals surface area contributed by atoms with Gasteiger partial charge in [0.15, 0.2) is 0 Å². The maximum atomic E-state index is 12.7. The van der Waals surface area contributed by atoms with E-state index in [-0.39, 0.29) is 23.8 Å². The summed E-state index contributed by atoms with van der Waals surface area (Å²) in [7, 11) is 0. The van der Waals surface area contributed by atoms with E-state index in [0.29, 0.717) is 6.54 Å². The predicted octanol–water partition coefficient (Wildman–Crippen LogP) is 4.24. The maximum Gasteiger partial charge on any atom is 0.263 e. The Labute approximate surface area is 160 Å². The van der Waals surface area contributed by atoms with Crippen LogP contribution in [0.2, 0.25) is 0 Å². The maximum absolute atomic E-state index is 12.7. The van der Waals surface area contributed by atoms with Crippen molar-refractivity contribution in [2.75, 3.05) is 13.1 Å². The molecular weight excluding hydrogens is 400 g/mol. The van der Waals surface area contributed by atoms with Gasteiger partial charge in [0.2, 0.25) is 5.91 Å². The van der Waals surface area contributed by atoms with E-state index >= 15 is 0 Å². The SMILES string of the molecule is C[C@H](NC(=O)[C@@H]1CCCN(C(=O)c2cccs2)C1)c1ccccc1Br. The van der Waals surface area contributed by atoms with Crippen LogP contribution >= 0.6 is 27.3 Å². The highest BCUT2D eigenvalue weighted by Gasteiger charge is 2.30. The average Bonchev–Trinajstić information content (AvgIpc) is 3.16. The zero-order chi connectivity index (χ0) is 17.8. The molecule has 1 saturated heterocycles. The van der Waals surface area contributed by atoms with E-state index in [2.05, 4.69) is 21.2 Å². The van der Waals surface area contributed by atoms with Crippen molar-refractivity contribution in [3.63, 3.8) is 0 Å². The summed E-state index contributed by atoms with van der Waals surface area (Å²) < 4.78 is 0.987. The van der Waals surface area contributed by atoms with Gasteiger partial charge in [-0.3, -0.25) is 9.59 Å². The lowest BCUT2D eigenvalue weighted by molar-refractivity contribution is -0.127. The minimum absolute atomic E-state index is 0.0203. The molecule has 2 heterocycles. The Hall–Kier alpha value is -1.66.